The Balaban J connectivity index is 3.81. The van der Waals surface area contributed by atoms with E-state index in [0.717, 1.165) is 38.5 Å². The van der Waals surface area contributed by atoms with E-state index in [4.69, 9.17) is 13.8 Å². The van der Waals surface area contributed by atoms with Crippen LogP contribution in [0, 0.1) is 0 Å². The SMILES string of the molecule is CCCCCCCCCCCCCCCCCCCCCC(=O)NC(COP(=O)(O)OCC(O)COC(=O)CCCCCCCCCCCCCCCCCC)C(=O)O. The van der Waals surface area contributed by atoms with Gasteiger partial charge in [-0.3, -0.25) is 18.6 Å². The van der Waals surface area contributed by atoms with Gasteiger partial charge in [-0.2, -0.15) is 0 Å². The first kappa shape index (κ1) is 57.5. The molecule has 0 spiro atoms. The number of carboxylic acids is 1. The lowest BCUT2D eigenvalue weighted by Gasteiger charge is -2.18. The van der Waals surface area contributed by atoms with Gasteiger partial charge in [-0.05, 0) is 12.8 Å². The monoisotopic (exact) mass is 862 g/mol. The summed E-state index contributed by atoms with van der Waals surface area (Å²) in [6, 6.07) is -1.54. The number of phosphoric ester groups is 1. The molecule has 0 saturated heterocycles. The van der Waals surface area contributed by atoms with Crippen molar-refractivity contribution >= 4 is 25.7 Å². The summed E-state index contributed by atoms with van der Waals surface area (Å²) in [6.07, 6.45) is 42.6. The molecule has 0 aromatic rings. The maximum Gasteiger partial charge on any atom is 0.472 e. The Kier molecular flexibility index (Phi) is 42.0. The molecule has 3 atom stereocenters. The lowest BCUT2D eigenvalue weighted by atomic mass is 10.0. The fraction of sp³-hybridized carbons (Fsp3) is 0.936. The van der Waals surface area contributed by atoms with E-state index in [2.05, 4.69) is 19.2 Å². The van der Waals surface area contributed by atoms with Crippen LogP contribution < -0.4 is 5.32 Å². The van der Waals surface area contributed by atoms with Gasteiger partial charge < -0.3 is 25.2 Å². The van der Waals surface area contributed by atoms with E-state index in [1.807, 2.05) is 0 Å². The van der Waals surface area contributed by atoms with Crippen molar-refractivity contribution in [1.29, 1.82) is 0 Å². The zero-order chi connectivity index (χ0) is 43.5. The van der Waals surface area contributed by atoms with Crippen molar-refractivity contribution in [3.63, 3.8) is 0 Å². The van der Waals surface area contributed by atoms with Gasteiger partial charge in [0.25, 0.3) is 0 Å². The molecule has 0 saturated carbocycles. The van der Waals surface area contributed by atoms with Gasteiger partial charge in [0.15, 0.2) is 6.04 Å². The number of amides is 1. The highest BCUT2D eigenvalue weighted by Crippen LogP contribution is 2.43. The van der Waals surface area contributed by atoms with Gasteiger partial charge in [0, 0.05) is 12.8 Å². The number of hydrogen-bond acceptors (Lipinski definition) is 8. The van der Waals surface area contributed by atoms with Gasteiger partial charge in [-0.1, -0.05) is 226 Å². The molecule has 0 radical (unpaired) electrons. The number of ether oxygens (including phenoxy) is 1. The normalized spacial score (nSPS) is 13.6. The number of nitrogens with one attached hydrogen (secondary N) is 1. The Bertz CT molecular complexity index is 1020. The van der Waals surface area contributed by atoms with Crippen molar-refractivity contribution in [3.8, 4) is 0 Å². The minimum atomic E-state index is -4.75. The average molecular weight is 862 g/mol. The Labute approximate surface area is 361 Å². The van der Waals surface area contributed by atoms with Crippen molar-refractivity contribution in [3.05, 3.63) is 0 Å². The Morgan fingerprint density at radius 3 is 1.12 bits per heavy atom. The summed E-state index contributed by atoms with van der Waals surface area (Å²) in [5, 5.41) is 21.9. The highest BCUT2D eigenvalue weighted by atomic mass is 31.2. The van der Waals surface area contributed by atoms with Crippen LogP contribution in [0.3, 0.4) is 0 Å². The van der Waals surface area contributed by atoms with Crippen molar-refractivity contribution < 1.29 is 47.8 Å². The lowest BCUT2D eigenvalue weighted by Crippen LogP contribution is -2.43. The van der Waals surface area contributed by atoms with Gasteiger partial charge in [0.1, 0.15) is 12.7 Å². The maximum atomic E-state index is 12.3. The largest absolute Gasteiger partial charge is 0.480 e. The predicted molar refractivity (Wildman–Crippen MR) is 240 cm³/mol. The molecule has 1 amide bonds. The van der Waals surface area contributed by atoms with E-state index >= 15 is 0 Å². The first-order chi connectivity index (χ1) is 28.6. The summed E-state index contributed by atoms with van der Waals surface area (Å²) < 4.78 is 26.9. The smallest absolute Gasteiger partial charge is 0.472 e. The van der Waals surface area contributed by atoms with Crippen LogP contribution in [0.5, 0.6) is 0 Å². The number of carboxylic acid groups (broad SMARTS) is 1. The number of aliphatic hydroxyl groups excluding tert-OH is 1. The maximum absolute atomic E-state index is 12.3. The second-order valence-electron chi connectivity index (χ2n) is 17.0. The molecule has 11 nitrogen and oxygen atoms in total. The van der Waals surface area contributed by atoms with Crippen LogP contribution in [0.2, 0.25) is 0 Å². The first-order valence-corrected chi connectivity index (χ1v) is 26.1. The minimum absolute atomic E-state index is 0.153. The zero-order valence-corrected chi connectivity index (χ0v) is 39.0. The Hall–Kier alpha value is -1.52. The van der Waals surface area contributed by atoms with Crippen molar-refractivity contribution in [1.82, 2.24) is 5.32 Å². The second-order valence-corrected chi connectivity index (χ2v) is 18.5. The third-order valence-electron chi connectivity index (χ3n) is 11.1. The number of aliphatic hydroxyl groups is 1. The van der Waals surface area contributed by atoms with Crippen LogP contribution in [0.25, 0.3) is 0 Å². The molecule has 4 N–H and O–H groups in total. The predicted octanol–water partition coefficient (Wildman–Crippen LogP) is 13.1. The highest BCUT2D eigenvalue weighted by Gasteiger charge is 2.28. The lowest BCUT2D eigenvalue weighted by molar-refractivity contribution is -0.147. The van der Waals surface area contributed by atoms with Crippen LogP contribution in [-0.2, 0) is 32.7 Å². The molecule has 0 aliphatic heterocycles. The van der Waals surface area contributed by atoms with Crippen LogP contribution in [-0.4, -0.2) is 64.9 Å². The Morgan fingerprint density at radius 1 is 0.475 bits per heavy atom. The summed E-state index contributed by atoms with van der Waals surface area (Å²) in [6.45, 7) is 2.65. The number of rotatable bonds is 47. The van der Waals surface area contributed by atoms with E-state index in [-0.39, 0.29) is 12.8 Å². The van der Waals surface area contributed by atoms with Crippen LogP contribution in [0.4, 0.5) is 0 Å². The Morgan fingerprint density at radius 2 is 0.780 bits per heavy atom. The number of aliphatic carboxylic acids is 1. The van der Waals surface area contributed by atoms with Crippen LogP contribution in [0.15, 0.2) is 0 Å². The van der Waals surface area contributed by atoms with E-state index in [0.29, 0.717) is 12.8 Å². The molecule has 0 aliphatic rings. The van der Waals surface area contributed by atoms with Crippen molar-refractivity contribution in [2.45, 2.75) is 264 Å². The molecule has 0 aromatic carbocycles. The molecule has 0 rings (SSSR count). The average Bonchev–Trinajstić information content (AvgIpc) is 3.21. The third kappa shape index (κ3) is 42.9. The number of esters is 1. The molecule has 0 bridgehead atoms. The van der Waals surface area contributed by atoms with Gasteiger partial charge in [-0.25, -0.2) is 9.36 Å². The molecule has 59 heavy (non-hydrogen) atoms. The summed E-state index contributed by atoms with van der Waals surface area (Å²) in [5.74, 6) is -2.35. The standard InChI is InChI=1S/C47H92NO10P/c1-3-5-7-9-11-13-15-17-19-21-22-23-24-26-28-30-32-34-36-38-45(50)48-44(47(52)53)42-58-59(54,55)57-41-43(49)40-56-46(51)39-37-35-33-31-29-27-25-20-18-16-14-12-10-8-6-4-2/h43-44,49H,3-42H2,1-2H3,(H,48,50)(H,52,53)(H,54,55). The highest BCUT2D eigenvalue weighted by molar-refractivity contribution is 7.47. The quantitative estimate of drug-likeness (QED) is 0.0262. The molecule has 0 aliphatic carbocycles. The van der Waals surface area contributed by atoms with Gasteiger partial charge in [0.05, 0.1) is 13.2 Å². The van der Waals surface area contributed by atoms with E-state index in [9.17, 15) is 34.1 Å². The van der Waals surface area contributed by atoms with Crippen LogP contribution in [0.1, 0.15) is 251 Å². The minimum Gasteiger partial charge on any atom is -0.480 e. The molecule has 0 heterocycles. The number of unbranched alkanes of at least 4 members (excludes halogenated alkanes) is 33. The van der Waals surface area contributed by atoms with Gasteiger partial charge >= 0.3 is 19.8 Å². The zero-order valence-electron chi connectivity index (χ0n) is 38.1. The second kappa shape index (κ2) is 43.1. The molecule has 0 aromatic heterocycles. The topological polar surface area (TPSA) is 169 Å². The van der Waals surface area contributed by atoms with E-state index < -0.39 is 57.6 Å². The number of phosphoric acid groups is 1. The molecule has 12 heteroatoms. The van der Waals surface area contributed by atoms with Gasteiger partial charge in [-0.15, -0.1) is 0 Å². The molecule has 350 valence electrons. The van der Waals surface area contributed by atoms with Crippen molar-refractivity contribution in [2.24, 2.45) is 0 Å². The first-order valence-electron chi connectivity index (χ1n) is 24.6. The summed E-state index contributed by atoms with van der Waals surface area (Å²) in [5.41, 5.74) is 0. The molecule has 0 fully saturated rings. The summed E-state index contributed by atoms with van der Waals surface area (Å²) in [4.78, 5) is 46.0. The number of hydrogen-bond donors (Lipinski definition) is 4. The third-order valence-corrected chi connectivity index (χ3v) is 12.1. The molecular formula is C47H92NO10P. The van der Waals surface area contributed by atoms with E-state index in [1.54, 1.807) is 0 Å². The number of carbonyl (C=O) groups excluding carboxylic acids is 2. The van der Waals surface area contributed by atoms with Crippen molar-refractivity contribution in [2.75, 3.05) is 19.8 Å². The summed E-state index contributed by atoms with van der Waals surface area (Å²) >= 11 is 0. The summed E-state index contributed by atoms with van der Waals surface area (Å²) in [7, 11) is -4.75. The molecule has 3 unspecified atom stereocenters. The van der Waals surface area contributed by atoms with E-state index in [1.165, 1.54) is 173 Å². The molecular weight excluding hydrogens is 769 g/mol. The fourth-order valence-electron chi connectivity index (χ4n) is 7.32. The van der Waals surface area contributed by atoms with Gasteiger partial charge in [0.2, 0.25) is 5.91 Å². The number of carbonyl (C=O) groups is 3. The fourth-order valence-corrected chi connectivity index (χ4v) is 8.09. The van der Waals surface area contributed by atoms with Crippen LogP contribution >= 0.6 is 7.82 Å².